The Hall–Kier alpha value is -3.76. The van der Waals surface area contributed by atoms with E-state index in [1.54, 1.807) is 28.8 Å². The number of ether oxygens (including phenoxy) is 1. The summed E-state index contributed by atoms with van der Waals surface area (Å²) in [6.07, 6.45) is -1.69. The fourth-order valence-corrected chi connectivity index (χ4v) is 5.31. The zero-order chi connectivity index (χ0) is 31.4. The van der Waals surface area contributed by atoms with Gasteiger partial charge in [0, 0.05) is 22.5 Å². The number of hydrogen-bond acceptors (Lipinski definition) is 3. The maximum absolute atomic E-state index is 13.2. The molecule has 4 aromatic carbocycles. The zero-order valence-corrected chi connectivity index (χ0v) is 27.4. The van der Waals surface area contributed by atoms with E-state index in [1.165, 1.54) is 17.7 Å². The monoisotopic (exact) mass is 644 g/mol. The van der Waals surface area contributed by atoms with Gasteiger partial charge in [-0.3, -0.25) is 4.79 Å². The van der Waals surface area contributed by atoms with Crippen LogP contribution < -0.4 is 39.6 Å². The van der Waals surface area contributed by atoms with Crippen molar-refractivity contribution in [3.63, 3.8) is 0 Å². The standard InChI is InChI=1S/C34H28ClF3N2O4.Na.H/c1-2-3-5-21-8-10-23(11-9-21)25-14-17-28-29(19-25)40(20-22-6-4-7-26(35)18-22)31(33(42)43)30(28)39-32(41)24-12-15-27(16-13-24)44-34(36,37)38;;/h4,6-19H,2-3,5,20H2,1H3,(H,39,41)(H,42,43);;/q;+1;-1. The Morgan fingerprint density at radius 2 is 1.62 bits per heavy atom. The fourth-order valence-electron chi connectivity index (χ4n) is 5.10. The summed E-state index contributed by atoms with van der Waals surface area (Å²) >= 11 is 6.22. The predicted octanol–water partition coefficient (Wildman–Crippen LogP) is 6.32. The van der Waals surface area contributed by atoms with E-state index >= 15 is 0 Å². The van der Waals surface area contributed by atoms with E-state index in [1.807, 2.05) is 30.3 Å². The number of carboxylic acid groups (broad SMARTS) is 1. The van der Waals surface area contributed by atoms with Gasteiger partial charge in [-0.05, 0) is 77.6 Å². The van der Waals surface area contributed by atoms with Crippen LogP contribution in [0.15, 0.2) is 91.0 Å². The summed E-state index contributed by atoms with van der Waals surface area (Å²) in [4.78, 5) is 26.0. The average Bonchev–Trinajstić information content (AvgIpc) is 3.28. The molecule has 2 N–H and O–H groups in total. The van der Waals surface area contributed by atoms with Gasteiger partial charge in [0.15, 0.2) is 5.69 Å². The first-order valence-corrected chi connectivity index (χ1v) is 14.3. The smallest absolute Gasteiger partial charge is 1.00 e. The first-order chi connectivity index (χ1) is 21.0. The third-order valence-electron chi connectivity index (χ3n) is 7.19. The second-order valence-electron chi connectivity index (χ2n) is 10.3. The van der Waals surface area contributed by atoms with Gasteiger partial charge in [-0.25, -0.2) is 4.79 Å². The fraction of sp³-hybridized carbons (Fsp3) is 0.176. The molecule has 0 bridgehead atoms. The molecule has 0 atom stereocenters. The molecule has 0 aliphatic carbocycles. The number of rotatable bonds is 10. The summed E-state index contributed by atoms with van der Waals surface area (Å²) in [5, 5.41) is 14.0. The topological polar surface area (TPSA) is 80.6 Å². The molecular weight excluding hydrogens is 616 g/mol. The van der Waals surface area contributed by atoms with Crippen LogP contribution in [0.5, 0.6) is 5.75 Å². The van der Waals surface area contributed by atoms with Crippen molar-refractivity contribution in [3.05, 3.63) is 118 Å². The number of amides is 1. The van der Waals surface area contributed by atoms with Crippen molar-refractivity contribution >= 4 is 40.1 Å². The Morgan fingerprint density at radius 1 is 0.933 bits per heavy atom. The molecule has 0 unspecified atom stereocenters. The van der Waals surface area contributed by atoms with Gasteiger partial charge >= 0.3 is 41.9 Å². The predicted molar refractivity (Wildman–Crippen MR) is 166 cm³/mol. The molecule has 0 radical (unpaired) electrons. The minimum atomic E-state index is -4.87. The Bertz CT molecular complexity index is 1830. The second kappa shape index (κ2) is 14.6. The minimum absolute atomic E-state index is 0. The molecule has 228 valence electrons. The Kier molecular flexibility index (Phi) is 11.0. The van der Waals surface area contributed by atoms with Crippen LogP contribution in [0.2, 0.25) is 5.02 Å². The van der Waals surface area contributed by atoms with Crippen LogP contribution in [-0.2, 0) is 13.0 Å². The third-order valence-corrected chi connectivity index (χ3v) is 7.43. The molecule has 5 aromatic rings. The van der Waals surface area contributed by atoms with E-state index in [2.05, 4.69) is 29.1 Å². The molecule has 1 heterocycles. The normalized spacial score (nSPS) is 11.2. The summed E-state index contributed by atoms with van der Waals surface area (Å²) in [6.45, 7) is 2.30. The molecule has 0 aliphatic rings. The summed E-state index contributed by atoms with van der Waals surface area (Å²) < 4.78 is 43.2. The molecule has 0 fully saturated rings. The number of halogens is 4. The van der Waals surface area contributed by atoms with Gasteiger partial charge in [-0.15, -0.1) is 13.2 Å². The number of benzene rings is 4. The SMILES string of the molecule is CCCCc1ccc(-c2ccc3c(NC(=O)c4ccc(OC(F)(F)F)cc4)c(C(=O)O)n(Cc4cccc(Cl)c4)c3c2)cc1.[H-].[Na+]. The van der Waals surface area contributed by atoms with Gasteiger partial charge in [0.05, 0.1) is 11.2 Å². The number of nitrogens with zero attached hydrogens (tertiary/aromatic N) is 1. The Balaban J connectivity index is 0.00000288. The number of anilines is 1. The number of aryl methyl sites for hydroxylation is 1. The first kappa shape index (κ1) is 34.1. The van der Waals surface area contributed by atoms with Crippen LogP contribution in [0.4, 0.5) is 18.9 Å². The van der Waals surface area contributed by atoms with Gasteiger partial charge in [0.2, 0.25) is 0 Å². The Morgan fingerprint density at radius 3 is 2.24 bits per heavy atom. The Labute approximate surface area is 286 Å². The number of alkyl halides is 3. The minimum Gasteiger partial charge on any atom is -1.00 e. The maximum Gasteiger partial charge on any atom is 1.00 e. The maximum atomic E-state index is 13.2. The van der Waals surface area contributed by atoms with E-state index in [-0.39, 0.29) is 54.5 Å². The van der Waals surface area contributed by atoms with Crippen molar-refractivity contribution < 1.29 is 63.6 Å². The number of nitrogens with one attached hydrogen (secondary N) is 1. The molecule has 11 heteroatoms. The molecule has 45 heavy (non-hydrogen) atoms. The number of unbranched alkanes of at least 4 members (excludes halogenated alkanes) is 1. The van der Waals surface area contributed by atoms with E-state index in [9.17, 15) is 27.9 Å². The van der Waals surface area contributed by atoms with Crippen molar-refractivity contribution in [1.29, 1.82) is 0 Å². The van der Waals surface area contributed by atoms with E-state index in [4.69, 9.17) is 11.6 Å². The molecule has 5 rings (SSSR count). The zero-order valence-electron chi connectivity index (χ0n) is 25.6. The average molecular weight is 645 g/mol. The van der Waals surface area contributed by atoms with Crippen LogP contribution in [0.1, 0.15) is 53.2 Å². The number of aromatic carboxylic acids is 1. The third kappa shape index (κ3) is 8.29. The summed E-state index contributed by atoms with van der Waals surface area (Å²) in [5.74, 6) is -2.45. The van der Waals surface area contributed by atoms with Gasteiger partial charge in [0.25, 0.3) is 5.91 Å². The molecule has 0 spiro atoms. The first-order valence-electron chi connectivity index (χ1n) is 13.9. The van der Waals surface area contributed by atoms with Gasteiger partial charge in [0.1, 0.15) is 5.75 Å². The number of hydrogen-bond donors (Lipinski definition) is 2. The molecule has 6 nitrogen and oxygen atoms in total. The molecule has 0 saturated heterocycles. The summed E-state index contributed by atoms with van der Waals surface area (Å²) in [7, 11) is 0. The molecule has 0 saturated carbocycles. The van der Waals surface area contributed by atoms with E-state index in [0.29, 0.717) is 15.9 Å². The van der Waals surface area contributed by atoms with E-state index < -0.39 is 24.0 Å². The number of aromatic nitrogens is 1. The number of carbonyl (C=O) groups is 2. The van der Waals surface area contributed by atoms with E-state index in [0.717, 1.165) is 48.1 Å². The number of fused-ring (bicyclic) bond motifs is 1. The largest absolute Gasteiger partial charge is 1.00 e. The van der Waals surface area contributed by atoms with Gasteiger partial charge in [-0.1, -0.05) is 73.5 Å². The quantitative estimate of drug-likeness (QED) is 0.175. The van der Waals surface area contributed by atoms with Crippen LogP contribution in [-0.4, -0.2) is 27.9 Å². The van der Waals surface area contributed by atoms with Crippen LogP contribution >= 0.6 is 11.6 Å². The summed E-state index contributed by atoms with van der Waals surface area (Å²) in [5.41, 5.74) is 4.29. The number of carboxylic acids is 1. The van der Waals surface area contributed by atoms with Crippen molar-refractivity contribution in [2.24, 2.45) is 0 Å². The number of carbonyl (C=O) groups excluding carboxylic acids is 1. The molecule has 1 amide bonds. The second-order valence-corrected chi connectivity index (χ2v) is 10.7. The molecule has 0 aliphatic heterocycles. The van der Waals surface area contributed by atoms with Crippen molar-refractivity contribution in [2.75, 3.05) is 5.32 Å². The van der Waals surface area contributed by atoms with Gasteiger partial charge in [-0.2, -0.15) is 0 Å². The van der Waals surface area contributed by atoms with Crippen molar-refractivity contribution in [3.8, 4) is 16.9 Å². The summed E-state index contributed by atoms with van der Waals surface area (Å²) in [6, 6.07) is 25.1. The molecule has 1 aromatic heterocycles. The van der Waals surface area contributed by atoms with Crippen molar-refractivity contribution in [2.45, 2.75) is 39.1 Å². The van der Waals surface area contributed by atoms with Crippen LogP contribution in [0.3, 0.4) is 0 Å². The van der Waals surface area contributed by atoms with Crippen LogP contribution in [0.25, 0.3) is 22.0 Å². The van der Waals surface area contributed by atoms with Crippen molar-refractivity contribution in [1.82, 2.24) is 4.57 Å². The molecular formula is C34H29ClF3N2NaO4. The van der Waals surface area contributed by atoms with Crippen LogP contribution in [0, 0.1) is 0 Å². The van der Waals surface area contributed by atoms with Gasteiger partial charge < -0.3 is 21.2 Å².